The maximum Gasteiger partial charge on any atom is 0.267 e. The van der Waals surface area contributed by atoms with E-state index in [9.17, 15) is 4.79 Å². The molecule has 1 amide bonds. The number of benzene rings is 2. The zero-order valence-corrected chi connectivity index (χ0v) is 22.1. The van der Waals surface area contributed by atoms with Gasteiger partial charge >= 0.3 is 0 Å². The first-order chi connectivity index (χ1) is 17.9. The number of ether oxygens (including phenoxy) is 1. The van der Waals surface area contributed by atoms with E-state index >= 15 is 0 Å². The molecule has 0 spiro atoms. The Balaban J connectivity index is 1.84. The van der Waals surface area contributed by atoms with Crippen molar-refractivity contribution in [2.45, 2.75) is 20.0 Å². The number of nitrogens with one attached hydrogen (secondary N) is 2. The van der Waals surface area contributed by atoms with Gasteiger partial charge in [0.2, 0.25) is 0 Å². The van der Waals surface area contributed by atoms with E-state index in [1.165, 1.54) is 0 Å². The molecule has 2 aromatic carbocycles. The number of hydrogen-bond donors (Lipinski definition) is 3. The number of aromatic nitrogens is 2. The van der Waals surface area contributed by atoms with E-state index in [0.717, 1.165) is 44.7 Å². The summed E-state index contributed by atoms with van der Waals surface area (Å²) in [5.41, 5.74) is 13.7. The molecule has 7 nitrogen and oxygen atoms in total. The average molecular weight is 516 g/mol. The van der Waals surface area contributed by atoms with Crippen molar-refractivity contribution in [1.82, 2.24) is 20.6 Å². The first-order valence-electron chi connectivity index (χ1n) is 11.9. The molecule has 0 saturated heterocycles. The standard InChI is InChI=1S/C29H30ClN5O2/c1-17-21(6-5-7-22(17)24-12-18(14-32-2)15-35-28(24)29(31)36)23-10-11-34-27(26(23)30)19-8-9-20(16-33-3)25(13-19)37-4/h5-13,15,32-33H,14,16H2,1-4H3,(H2,31,36). The molecule has 0 fully saturated rings. The highest BCUT2D eigenvalue weighted by Crippen LogP contribution is 2.40. The Bertz CT molecular complexity index is 1450. The molecule has 4 aromatic rings. The number of amides is 1. The van der Waals surface area contributed by atoms with E-state index in [0.29, 0.717) is 29.4 Å². The van der Waals surface area contributed by atoms with Crippen LogP contribution in [0.3, 0.4) is 0 Å². The van der Waals surface area contributed by atoms with E-state index in [1.54, 1.807) is 19.5 Å². The van der Waals surface area contributed by atoms with E-state index in [1.807, 2.05) is 69.6 Å². The lowest BCUT2D eigenvalue weighted by Crippen LogP contribution is -2.16. The SMILES string of the molecule is CNCc1cnc(C(N)=O)c(-c2cccc(-c3ccnc(-c4ccc(CNC)c(OC)c4)c3Cl)c2C)c1. The molecule has 0 aliphatic heterocycles. The van der Waals surface area contributed by atoms with Crippen LogP contribution in [0.15, 0.2) is 60.9 Å². The minimum Gasteiger partial charge on any atom is -0.496 e. The minimum absolute atomic E-state index is 0.232. The number of rotatable bonds is 9. The molecule has 190 valence electrons. The van der Waals surface area contributed by atoms with Crippen molar-refractivity contribution in [3.63, 3.8) is 0 Å². The number of halogens is 1. The van der Waals surface area contributed by atoms with Crippen molar-refractivity contribution in [2.75, 3.05) is 21.2 Å². The van der Waals surface area contributed by atoms with E-state index < -0.39 is 5.91 Å². The number of hydrogen-bond acceptors (Lipinski definition) is 6. The zero-order valence-electron chi connectivity index (χ0n) is 21.4. The monoisotopic (exact) mass is 515 g/mol. The van der Waals surface area contributed by atoms with Crippen LogP contribution in [0.1, 0.15) is 27.2 Å². The van der Waals surface area contributed by atoms with Gasteiger partial charge in [-0.1, -0.05) is 41.9 Å². The number of carbonyl (C=O) groups excluding carboxylic acids is 1. The minimum atomic E-state index is -0.573. The molecule has 0 bridgehead atoms. The Kier molecular flexibility index (Phi) is 8.18. The quantitative estimate of drug-likeness (QED) is 0.290. The highest BCUT2D eigenvalue weighted by Gasteiger charge is 2.19. The van der Waals surface area contributed by atoms with Crippen molar-refractivity contribution in [2.24, 2.45) is 5.73 Å². The van der Waals surface area contributed by atoms with Gasteiger partial charge in [0, 0.05) is 47.7 Å². The van der Waals surface area contributed by atoms with Crippen molar-refractivity contribution >= 4 is 17.5 Å². The molecule has 0 aliphatic carbocycles. The Hall–Kier alpha value is -3.78. The Labute approximate surface area is 222 Å². The Morgan fingerprint density at radius 3 is 2.38 bits per heavy atom. The third-order valence-corrected chi connectivity index (χ3v) is 6.67. The van der Waals surface area contributed by atoms with E-state index in [-0.39, 0.29) is 5.69 Å². The molecule has 0 atom stereocenters. The lowest BCUT2D eigenvalue weighted by Gasteiger charge is -2.17. The van der Waals surface area contributed by atoms with Crippen LogP contribution in [-0.4, -0.2) is 37.1 Å². The van der Waals surface area contributed by atoms with Crippen LogP contribution >= 0.6 is 11.6 Å². The molecule has 0 saturated carbocycles. The average Bonchev–Trinajstić information content (AvgIpc) is 2.90. The van der Waals surface area contributed by atoms with Gasteiger partial charge in [0.1, 0.15) is 11.4 Å². The van der Waals surface area contributed by atoms with Crippen molar-refractivity contribution in [1.29, 1.82) is 0 Å². The lowest BCUT2D eigenvalue weighted by atomic mass is 9.91. The molecule has 0 radical (unpaired) electrons. The van der Waals surface area contributed by atoms with Gasteiger partial charge in [-0.3, -0.25) is 14.8 Å². The summed E-state index contributed by atoms with van der Waals surface area (Å²) < 4.78 is 5.60. The molecule has 2 aromatic heterocycles. The third-order valence-electron chi connectivity index (χ3n) is 6.29. The number of pyridine rings is 2. The molecule has 4 rings (SSSR count). The Morgan fingerprint density at radius 1 is 0.973 bits per heavy atom. The molecule has 2 heterocycles. The van der Waals surface area contributed by atoms with Crippen LogP contribution < -0.4 is 21.1 Å². The van der Waals surface area contributed by atoms with Crippen LogP contribution in [0.2, 0.25) is 5.02 Å². The highest BCUT2D eigenvalue weighted by molar-refractivity contribution is 6.35. The van der Waals surface area contributed by atoms with Crippen LogP contribution in [0, 0.1) is 6.92 Å². The molecule has 0 aliphatic rings. The second kappa shape index (κ2) is 11.5. The summed E-state index contributed by atoms with van der Waals surface area (Å²) >= 11 is 6.98. The smallest absolute Gasteiger partial charge is 0.267 e. The van der Waals surface area contributed by atoms with Crippen LogP contribution in [-0.2, 0) is 13.1 Å². The second-order valence-corrected chi connectivity index (χ2v) is 9.07. The first-order valence-corrected chi connectivity index (χ1v) is 12.3. The molecular formula is C29H30ClN5O2. The summed E-state index contributed by atoms with van der Waals surface area (Å²) in [5.74, 6) is 0.192. The van der Waals surface area contributed by atoms with Gasteiger partial charge in [0.15, 0.2) is 0 Å². The number of nitrogens with zero attached hydrogens (tertiary/aromatic N) is 2. The largest absolute Gasteiger partial charge is 0.496 e. The fourth-order valence-electron chi connectivity index (χ4n) is 4.51. The summed E-state index contributed by atoms with van der Waals surface area (Å²) in [6.45, 7) is 3.31. The van der Waals surface area contributed by atoms with Crippen molar-refractivity contribution < 1.29 is 9.53 Å². The predicted molar refractivity (Wildman–Crippen MR) is 149 cm³/mol. The fourth-order valence-corrected chi connectivity index (χ4v) is 4.83. The Morgan fingerprint density at radius 2 is 1.70 bits per heavy atom. The summed E-state index contributed by atoms with van der Waals surface area (Å²) in [7, 11) is 5.41. The van der Waals surface area contributed by atoms with Crippen LogP contribution in [0.25, 0.3) is 33.5 Å². The second-order valence-electron chi connectivity index (χ2n) is 8.69. The highest BCUT2D eigenvalue weighted by atomic mass is 35.5. The van der Waals surface area contributed by atoms with Gasteiger partial charge < -0.3 is 21.1 Å². The predicted octanol–water partition coefficient (Wildman–Crippen LogP) is 4.99. The lowest BCUT2D eigenvalue weighted by molar-refractivity contribution is 0.0996. The normalized spacial score (nSPS) is 10.9. The topological polar surface area (TPSA) is 102 Å². The first kappa shape index (κ1) is 26.3. The summed E-state index contributed by atoms with van der Waals surface area (Å²) in [6, 6.07) is 15.7. The number of methoxy groups -OCH3 is 1. The molecular weight excluding hydrogens is 486 g/mol. The van der Waals surface area contributed by atoms with Crippen LogP contribution in [0.4, 0.5) is 0 Å². The van der Waals surface area contributed by atoms with Gasteiger partial charge in [-0.15, -0.1) is 0 Å². The van der Waals surface area contributed by atoms with Crippen molar-refractivity contribution in [3.05, 3.63) is 88.3 Å². The molecule has 8 heteroatoms. The zero-order chi connectivity index (χ0) is 26.5. The van der Waals surface area contributed by atoms with Crippen molar-refractivity contribution in [3.8, 4) is 39.3 Å². The summed E-state index contributed by atoms with van der Waals surface area (Å²) in [4.78, 5) is 21.1. The van der Waals surface area contributed by atoms with Crippen LogP contribution in [0.5, 0.6) is 5.75 Å². The fraction of sp³-hybridized carbons (Fsp3) is 0.207. The van der Waals surface area contributed by atoms with Gasteiger partial charge in [-0.2, -0.15) is 0 Å². The summed E-state index contributed by atoms with van der Waals surface area (Å²) in [6.07, 6.45) is 3.42. The molecule has 37 heavy (non-hydrogen) atoms. The maximum atomic E-state index is 12.2. The number of nitrogens with two attached hydrogens (primary N) is 1. The number of primary amides is 1. The van der Waals surface area contributed by atoms with E-state index in [4.69, 9.17) is 22.1 Å². The summed E-state index contributed by atoms with van der Waals surface area (Å²) in [5, 5.41) is 6.80. The maximum absolute atomic E-state index is 12.2. The van der Waals surface area contributed by atoms with Gasteiger partial charge in [-0.25, -0.2) is 0 Å². The number of carbonyl (C=O) groups is 1. The van der Waals surface area contributed by atoms with Gasteiger partial charge in [0.25, 0.3) is 5.91 Å². The van der Waals surface area contributed by atoms with Gasteiger partial charge in [-0.05, 0) is 61.5 Å². The van der Waals surface area contributed by atoms with E-state index in [2.05, 4.69) is 20.6 Å². The third kappa shape index (κ3) is 5.34. The van der Waals surface area contributed by atoms with Gasteiger partial charge in [0.05, 0.1) is 17.8 Å². The molecule has 4 N–H and O–H groups in total. The molecule has 0 unspecified atom stereocenters.